The van der Waals surface area contributed by atoms with Crippen LogP contribution < -0.4 is 10.5 Å². The minimum absolute atomic E-state index is 0.367. The van der Waals surface area contributed by atoms with Crippen LogP contribution in [0.3, 0.4) is 0 Å². The van der Waals surface area contributed by atoms with Crippen molar-refractivity contribution in [1.29, 1.82) is 0 Å². The minimum atomic E-state index is -0.535. The van der Waals surface area contributed by atoms with Crippen LogP contribution in [0.4, 0.5) is 0 Å². The Bertz CT molecular complexity index is 908. The highest BCUT2D eigenvalue weighted by molar-refractivity contribution is 6.38. The summed E-state index contributed by atoms with van der Waals surface area (Å²) in [4.78, 5) is 20.1. The average molecular weight is 348 g/mol. The lowest BCUT2D eigenvalue weighted by molar-refractivity contribution is 0.100. The fourth-order valence-electron chi connectivity index (χ4n) is 2.37. The summed E-state index contributed by atoms with van der Waals surface area (Å²) in [5, 5.41) is 1.37. The van der Waals surface area contributed by atoms with Crippen molar-refractivity contribution in [2.75, 3.05) is 7.11 Å². The number of ether oxygens (including phenoxy) is 1. The number of nitrogens with zero attached hydrogens (tertiary/aromatic N) is 2. The molecule has 0 aliphatic heterocycles. The lowest BCUT2D eigenvalue weighted by Gasteiger charge is -2.11. The number of methoxy groups -OCH3 is 1. The first-order valence-electron chi connectivity index (χ1n) is 6.60. The Hall–Kier alpha value is -2.37. The van der Waals surface area contributed by atoms with Gasteiger partial charge in [-0.3, -0.25) is 9.78 Å². The van der Waals surface area contributed by atoms with Crippen molar-refractivity contribution in [2.45, 2.75) is 0 Å². The molecule has 0 aliphatic carbocycles. The van der Waals surface area contributed by atoms with Crippen molar-refractivity contribution < 1.29 is 9.53 Å². The molecule has 0 saturated heterocycles. The van der Waals surface area contributed by atoms with Crippen molar-refractivity contribution in [3.8, 4) is 17.0 Å². The number of aromatic nitrogens is 2. The van der Waals surface area contributed by atoms with Crippen LogP contribution in [0.5, 0.6) is 5.75 Å². The van der Waals surface area contributed by atoms with Gasteiger partial charge in [-0.2, -0.15) is 0 Å². The largest absolute Gasteiger partial charge is 0.494 e. The van der Waals surface area contributed by atoms with Gasteiger partial charge in [-0.1, -0.05) is 23.2 Å². The van der Waals surface area contributed by atoms with Gasteiger partial charge in [0.15, 0.2) is 0 Å². The van der Waals surface area contributed by atoms with E-state index in [0.29, 0.717) is 43.5 Å². The third-order valence-corrected chi connectivity index (χ3v) is 3.99. The second-order valence-electron chi connectivity index (χ2n) is 4.75. The Labute approximate surface area is 142 Å². The number of benzene rings is 1. The highest BCUT2D eigenvalue weighted by Gasteiger charge is 2.15. The van der Waals surface area contributed by atoms with E-state index in [1.165, 1.54) is 19.5 Å². The van der Waals surface area contributed by atoms with Crippen molar-refractivity contribution >= 4 is 40.0 Å². The molecule has 23 heavy (non-hydrogen) atoms. The summed E-state index contributed by atoms with van der Waals surface area (Å²) in [6.07, 6.45) is 2.98. The Morgan fingerprint density at radius 2 is 1.83 bits per heavy atom. The standard InChI is InChI=1S/C16H11Cl2N3O2/c1-23-13-5-3-9(16(19)22)8-2-4-12(21-15(8)13)14-10(17)6-20-7-11(14)18/h2-7H,1H3,(H2,19,22). The second kappa shape index (κ2) is 6.02. The van der Waals surface area contributed by atoms with Crippen LogP contribution in [0.2, 0.25) is 10.0 Å². The van der Waals surface area contributed by atoms with E-state index in [2.05, 4.69) is 9.97 Å². The zero-order chi connectivity index (χ0) is 16.6. The maximum atomic E-state index is 11.6. The maximum absolute atomic E-state index is 11.6. The van der Waals surface area contributed by atoms with Gasteiger partial charge in [-0.15, -0.1) is 0 Å². The van der Waals surface area contributed by atoms with E-state index in [0.717, 1.165) is 0 Å². The minimum Gasteiger partial charge on any atom is -0.494 e. The monoisotopic (exact) mass is 347 g/mol. The van der Waals surface area contributed by atoms with Gasteiger partial charge in [0.2, 0.25) is 5.91 Å². The third-order valence-electron chi connectivity index (χ3n) is 3.42. The molecule has 0 spiro atoms. The van der Waals surface area contributed by atoms with Crippen LogP contribution >= 0.6 is 23.2 Å². The fraction of sp³-hybridized carbons (Fsp3) is 0.0625. The van der Waals surface area contributed by atoms with Gasteiger partial charge in [0, 0.05) is 28.9 Å². The van der Waals surface area contributed by atoms with E-state index in [9.17, 15) is 4.79 Å². The van der Waals surface area contributed by atoms with Gasteiger partial charge in [0.25, 0.3) is 0 Å². The first-order chi connectivity index (χ1) is 11.0. The summed E-state index contributed by atoms with van der Waals surface area (Å²) in [6.45, 7) is 0. The van der Waals surface area contributed by atoms with Gasteiger partial charge >= 0.3 is 0 Å². The molecular weight excluding hydrogens is 337 g/mol. The molecule has 0 saturated carbocycles. The van der Waals surface area contributed by atoms with Crippen LogP contribution in [0.1, 0.15) is 10.4 Å². The molecule has 3 aromatic rings. The van der Waals surface area contributed by atoms with Crippen LogP contribution in [-0.4, -0.2) is 23.0 Å². The fourth-order valence-corrected chi connectivity index (χ4v) is 2.93. The second-order valence-corrected chi connectivity index (χ2v) is 5.56. The summed E-state index contributed by atoms with van der Waals surface area (Å²) >= 11 is 12.4. The number of primary amides is 1. The number of pyridine rings is 2. The van der Waals surface area contributed by atoms with Crippen molar-refractivity contribution in [3.63, 3.8) is 0 Å². The number of rotatable bonds is 3. The highest BCUT2D eigenvalue weighted by Crippen LogP contribution is 2.35. The molecule has 2 aromatic heterocycles. The molecule has 1 amide bonds. The SMILES string of the molecule is COc1ccc(C(N)=O)c2ccc(-c3c(Cl)cncc3Cl)nc12. The quantitative estimate of drug-likeness (QED) is 0.783. The predicted molar refractivity (Wildman–Crippen MR) is 90.1 cm³/mol. The van der Waals surface area contributed by atoms with Crippen molar-refractivity contribution in [1.82, 2.24) is 9.97 Å². The van der Waals surface area contributed by atoms with Crippen LogP contribution in [0.25, 0.3) is 22.2 Å². The van der Waals surface area contributed by atoms with E-state index in [1.807, 2.05) is 0 Å². The Morgan fingerprint density at radius 1 is 1.13 bits per heavy atom. The molecule has 0 unspecified atom stereocenters. The zero-order valence-corrected chi connectivity index (χ0v) is 13.5. The average Bonchev–Trinajstić information content (AvgIpc) is 2.53. The molecule has 2 N–H and O–H groups in total. The summed E-state index contributed by atoms with van der Waals surface area (Å²) in [6, 6.07) is 6.72. The molecule has 0 atom stereocenters. The van der Waals surface area contributed by atoms with Gasteiger partial charge in [-0.05, 0) is 24.3 Å². The molecule has 0 fully saturated rings. The van der Waals surface area contributed by atoms with Gasteiger partial charge < -0.3 is 10.5 Å². The molecule has 5 nitrogen and oxygen atoms in total. The van der Waals surface area contributed by atoms with E-state index in [4.69, 9.17) is 33.7 Å². The lowest BCUT2D eigenvalue weighted by atomic mass is 10.0. The molecule has 3 rings (SSSR count). The smallest absolute Gasteiger partial charge is 0.249 e. The molecule has 2 heterocycles. The summed E-state index contributed by atoms with van der Waals surface area (Å²) in [7, 11) is 1.53. The molecule has 0 bridgehead atoms. The molecule has 0 aliphatic rings. The number of hydrogen-bond donors (Lipinski definition) is 1. The molecule has 116 valence electrons. The maximum Gasteiger partial charge on any atom is 0.249 e. The number of nitrogens with two attached hydrogens (primary N) is 1. The normalized spacial score (nSPS) is 10.7. The molecule has 0 radical (unpaired) electrons. The first kappa shape index (κ1) is 15.5. The van der Waals surface area contributed by atoms with Crippen LogP contribution in [0, 0.1) is 0 Å². The number of amides is 1. The van der Waals surface area contributed by atoms with Crippen molar-refractivity contribution in [2.24, 2.45) is 5.73 Å². The Balaban J connectivity index is 2.33. The van der Waals surface area contributed by atoms with Gasteiger partial charge in [0.1, 0.15) is 11.3 Å². The number of halogens is 2. The van der Waals surface area contributed by atoms with Crippen LogP contribution in [-0.2, 0) is 0 Å². The molecule has 1 aromatic carbocycles. The number of carbonyl (C=O) groups excluding carboxylic acids is 1. The van der Waals surface area contributed by atoms with E-state index in [-0.39, 0.29) is 0 Å². The molecule has 7 heteroatoms. The van der Waals surface area contributed by atoms with Gasteiger partial charge in [0.05, 0.1) is 22.8 Å². The first-order valence-corrected chi connectivity index (χ1v) is 7.35. The summed E-state index contributed by atoms with van der Waals surface area (Å²) in [5.41, 5.74) is 7.40. The van der Waals surface area contributed by atoms with Crippen molar-refractivity contribution in [3.05, 3.63) is 52.3 Å². The lowest BCUT2D eigenvalue weighted by Crippen LogP contribution is -2.11. The van der Waals surface area contributed by atoms with Gasteiger partial charge in [-0.25, -0.2) is 4.98 Å². The van der Waals surface area contributed by atoms with E-state index in [1.54, 1.807) is 24.3 Å². The Morgan fingerprint density at radius 3 is 2.43 bits per heavy atom. The molecular formula is C16H11Cl2N3O2. The van der Waals surface area contributed by atoms with E-state index < -0.39 is 5.91 Å². The topological polar surface area (TPSA) is 78.1 Å². The zero-order valence-electron chi connectivity index (χ0n) is 12.0. The number of fused-ring (bicyclic) bond motifs is 1. The van der Waals surface area contributed by atoms with Crippen LogP contribution in [0.15, 0.2) is 36.7 Å². The number of carbonyl (C=O) groups is 1. The summed E-state index contributed by atoms with van der Waals surface area (Å²) < 4.78 is 5.32. The van der Waals surface area contributed by atoms with E-state index >= 15 is 0 Å². The number of hydrogen-bond acceptors (Lipinski definition) is 4. The third kappa shape index (κ3) is 2.69. The predicted octanol–water partition coefficient (Wildman–Crippen LogP) is 3.71. The highest BCUT2D eigenvalue weighted by atomic mass is 35.5. The summed E-state index contributed by atoms with van der Waals surface area (Å²) in [5.74, 6) is -0.0136. The Kier molecular flexibility index (Phi) is 4.07.